The maximum Gasteiger partial charge on any atom is 0.100 e. The first kappa shape index (κ1) is 14.9. The quantitative estimate of drug-likeness (QED) is 0.740. The van der Waals surface area contributed by atoms with Crippen molar-refractivity contribution in [1.29, 1.82) is 0 Å². The molecule has 1 heterocycles. The van der Waals surface area contributed by atoms with Gasteiger partial charge in [0.15, 0.2) is 0 Å². The third kappa shape index (κ3) is 2.99. The molecule has 2 N–H and O–H groups in total. The van der Waals surface area contributed by atoms with Gasteiger partial charge in [-0.1, -0.05) is 13.3 Å². The summed E-state index contributed by atoms with van der Waals surface area (Å²) in [6.07, 6.45) is 1.13. The topological polar surface area (TPSA) is 52.9 Å². The van der Waals surface area contributed by atoms with E-state index in [0.717, 1.165) is 12.8 Å². The zero-order valence-electron chi connectivity index (χ0n) is 11.7. The molecule has 0 aromatic carbocycles. The molecule has 0 amide bonds. The first-order valence-electron chi connectivity index (χ1n) is 6.53. The third-order valence-corrected chi connectivity index (χ3v) is 3.59. The van der Waals surface area contributed by atoms with Gasteiger partial charge in [-0.2, -0.15) is 5.06 Å². The second kappa shape index (κ2) is 5.22. The lowest BCUT2D eigenvalue weighted by atomic mass is 9.78. The van der Waals surface area contributed by atoms with Crippen LogP contribution in [0.1, 0.15) is 53.9 Å². The summed E-state index contributed by atoms with van der Waals surface area (Å²) < 4.78 is 0. The van der Waals surface area contributed by atoms with Gasteiger partial charge in [-0.3, -0.25) is 4.84 Å². The van der Waals surface area contributed by atoms with E-state index in [0.29, 0.717) is 13.0 Å². The predicted molar refractivity (Wildman–Crippen MR) is 67.5 cm³/mol. The van der Waals surface area contributed by atoms with Crippen LogP contribution in [0.2, 0.25) is 0 Å². The average molecular weight is 245 g/mol. The van der Waals surface area contributed by atoms with Crippen LogP contribution in [-0.2, 0) is 4.84 Å². The Balaban J connectivity index is 2.81. The molecule has 1 saturated heterocycles. The first-order chi connectivity index (χ1) is 7.73. The number of aliphatic hydroxyl groups is 2. The fourth-order valence-corrected chi connectivity index (χ4v) is 2.72. The van der Waals surface area contributed by atoms with Crippen molar-refractivity contribution in [2.45, 2.75) is 77.2 Å². The first-order valence-corrected chi connectivity index (χ1v) is 6.53. The molecule has 0 bridgehead atoms. The van der Waals surface area contributed by atoms with Gasteiger partial charge in [-0.05, 0) is 40.5 Å². The molecule has 0 aliphatic carbocycles. The molecule has 2 atom stereocenters. The van der Waals surface area contributed by atoms with Gasteiger partial charge in [0.1, 0.15) is 6.10 Å². The molecule has 0 radical (unpaired) electrons. The zero-order valence-corrected chi connectivity index (χ0v) is 11.7. The van der Waals surface area contributed by atoms with Gasteiger partial charge >= 0.3 is 0 Å². The van der Waals surface area contributed by atoms with Crippen LogP contribution in [0.25, 0.3) is 0 Å². The fourth-order valence-electron chi connectivity index (χ4n) is 2.72. The number of unbranched alkanes of at least 4 members (excludes halogenated alkanes) is 1. The summed E-state index contributed by atoms with van der Waals surface area (Å²) in [5, 5.41) is 21.9. The average Bonchev–Trinajstić information content (AvgIpc) is 2.20. The third-order valence-electron chi connectivity index (χ3n) is 3.59. The maximum atomic E-state index is 10.1. The van der Waals surface area contributed by atoms with Crippen LogP contribution in [-0.4, -0.2) is 45.2 Å². The number of nitrogens with zero attached hydrogens (tertiary/aromatic N) is 1. The van der Waals surface area contributed by atoms with E-state index in [1.165, 1.54) is 0 Å². The van der Waals surface area contributed by atoms with Gasteiger partial charge < -0.3 is 10.2 Å². The van der Waals surface area contributed by atoms with Gasteiger partial charge in [-0.25, -0.2) is 0 Å². The standard InChI is InChI=1S/C13H27NO3/c1-6-7-8-17-14-12(2,3)9-10(15)11(16)13(14,4)5/h10-11,15-16H,6-9H2,1-5H3. The van der Waals surface area contributed by atoms with Crippen LogP contribution in [0, 0.1) is 0 Å². The monoisotopic (exact) mass is 245 g/mol. The van der Waals surface area contributed by atoms with E-state index in [2.05, 4.69) is 6.92 Å². The molecular weight excluding hydrogens is 218 g/mol. The van der Waals surface area contributed by atoms with Crippen molar-refractivity contribution in [2.24, 2.45) is 0 Å². The minimum Gasteiger partial charge on any atom is -0.390 e. The molecule has 17 heavy (non-hydrogen) atoms. The smallest absolute Gasteiger partial charge is 0.100 e. The minimum absolute atomic E-state index is 0.268. The summed E-state index contributed by atoms with van der Waals surface area (Å²) in [5.41, 5.74) is -0.842. The lowest BCUT2D eigenvalue weighted by Gasteiger charge is -2.55. The van der Waals surface area contributed by atoms with E-state index in [4.69, 9.17) is 4.84 Å². The Kier molecular flexibility index (Phi) is 4.58. The highest BCUT2D eigenvalue weighted by atomic mass is 16.7. The second-order valence-electron chi connectivity index (χ2n) is 6.16. The Hall–Kier alpha value is -0.160. The lowest BCUT2D eigenvalue weighted by molar-refractivity contribution is -0.318. The van der Waals surface area contributed by atoms with Crippen molar-refractivity contribution in [1.82, 2.24) is 5.06 Å². The summed E-state index contributed by atoms with van der Waals surface area (Å²) in [4.78, 5) is 5.83. The van der Waals surface area contributed by atoms with Crippen molar-refractivity contribution < 1.29 is 15.1 Å². The Morgan fingerprint density at radius 3 is 2.35 bits per heavy atom. The zero-order chi connectivity index (χ0) is 13.3. The van der Waals surface area contributed by atoms with Crippen molar-refractivity contribution in [3.8, 4) is 0 Å². The molecule has 2 unspecified atom stereocenters. The van der Waals surface area contributed by atoms with Gasteiger partial charge in [-0.15, -0.1) is 0 Å². The molecule has 0 saturated carbocycles. The van der Waals surface area contributed by atoms with E-state index in [-0.39, 0.29) is 5.54 Å². The van der Waals surface area contributed by atoms with Crippen LogP contribution in [0.5, 0.6) is 0 Å². The van der Waals surface area contributed by atoms with E-state index in [9.17, 15) is 10.2 Å². The Bertz CT molecular complexity index is 253. The Labute approximate surface area is 105 Å². The van der Waals surface area contributed by atoms with E-state index in [1.807, 2.05) is 32.8 Å². The highest BCUT2D eigenvalue weighted by molar-refractivity contribution is 5.02. The molecule has 1 rings (SSSR count). The van der Waals surface area contributed by atoms with Gasteiger partial charge in [0.05, 0.1) is 18.2 Å². The predicted octanol–water partition coefficient (Wildman–Crippen LogP) is 1.70. The fraction of sp³-hybridized carbons (Fsp3) is 1.00. The van der Waals surface area contributed by atoms with Gasteiger partial charge in [0.2, 0.25) is 0 Å². The lowest BCUT2D eigenvalue weighted by Crippen LogP contribution is -2.68. The molecule has 1 aliphatic rings. The number of rotatable bonds is 4. The molecule has 102 valence electrons. The molecule has 0 aromatic rings. The number of piperidine rings is 1. The van der Waals surface area contributed by atoms with Crippen molar-refractivity contribution in [2.75, 3.05) is 6.61 Å². The number of hydrogen-bond donors (Lipinski definition) is 2. The summed E-state index contributed by atoms with van der Waals surface area (Å²) >= 11 is 0. The van der Waals surface area contributed by atoms with Crippen molar-refractivity contribution >= 4 is 0 Å². The number of aliphatic hydroxyl groups excluding tert-OH is 2. The summed E-state index contributed by atoms with van der Waals surface area (Å²) in [6.45, 7) is 10.7. The normalized spacial score (nSPS) is 32.6. The number of hydrogen-bond acceptors (Lipinski definition) is 4. The van der Waals surface area contributed by atoms with Crippen molar-refractivity contribution in [3.05, 3.63) is 0 Å². The van der Waals surface area contributed by atoms with E-state index >= 15 is 0 Å². The molecule has 0 aromatic heterocycles. The summed E-state index contributed by atoms with van der Waals surface area (Å²) in [5.74, 6) is 0. The van der Waals surface area contributed by atoms with Crippen LogP contribution in [0.15, 0.2) is 0 Å². The maximum absolute atomic E-state index is 10.1. The summed E-state index contributed by atoms with van der Waals surface area (Å²) in [7, 11) is 0. The molecule has 1 fully saturated rings. The molecular formula is C13H27NO3. The number of hydroxylamine groups is 2. The van der Waals surface area contributed by atoms with Crippen LogP contribution in [0.3, 0.4) is 0 Å². The molecule has 4 nitrogen and oxygen atoms in total. The van der Waals surface area contributed by atoms with Gasteiger partial charge in [0.25, 0.3) is 0 Å². The Morgan fingerprint density at radius 1 is 1.24 bits per heavy atom. The molecule has 1 aliphatic heterocycles. The largest absolute Gasteiger partial charge is 0.390 e. The minimum atomic E-state index is -0.780. The van der Waals surface area contributed by atoms with Gasteiger partial charge in [0, 0.05) is 5.54 Å². The van der Waals surface area contributed by atoms with Crippen LogP contribution >= 0.6 is 0 Å². The van der Waals surface area contributed by atoms with Crippen molar-refractivity contribution in [3.63, 3.8) is 0 Å². The summed E-state index contributed by atoms with van der Waals surface area (Å²) in [6, 6.07) is 0. The highest BCUT2D eigenvalue weighted by Gasteiger charge is 2.51. The van der Waals surface area contributed by atoms with E-state index < -0.39 is 17.7 Å². The molecule has 4 heteroatoms. The second-order valence-corrected chi connectivity index (χ2v) is 6.16. The van der Waals surface area contributed by atoms with Crippen LogP contribution < -0.4 is 0 Å². The SMILES string of the molecule is CCCCON1C(C)(C)CC(O)C(O)C1(C)C. The highest BCUT2D eigenvalue weighted by Crippen LogP contribution is 2.38. The Morgan fingerprint density at radius 2 is 1.82 bits per heavy atom. The van der Waals surface area contributed by atoms with E-state index in [1.54, 1.807) is 0 Å². The molecule has 0 spiro atoms. The van der Waals surface area contributed by atoms with Crippen LogP contribution in [0.4, 0.5) is 0 Å².